The van der Waals surface area contributed by atoms with Crippen LogP contribution >= 0.6 is 0 Å². The second kappa shape index (κ2) is 39.4. The highest BCUT2D eigenvalue weighted by Crippen LogP contribution is 2.51. The molecule has 2 aliphatic rings. The number of hydrogen-bond donors (Lipinski definition) is 0. The van der Waals surface area contributed by atoms with Crippen molar-refractivity contribution in [3.8, 4) is 69.0 Å². The molecule has 0 N–H and O–H groups in total. The zero-order valence-electron chi connectivity index (χ0n) is 63.0. The van der Waals surface area contributed by atoms with Crippen LogP contribution in [-0.2, 0) is 0 Å². The van der Waals surface area contributed by atoms with Crippen molar-refractivity contribution in [1.82, 2.24) is 0 Å². The van der Waals surface area contributed by atoms with Crippen LogP contribution in [0.3, 0.4) is 0 Å². The third-order valence-electron chi connectivity index (χ3n) is 20.5. The van der Waals surface area contributed by atoms with Gasteiger partial charge < -0.3 is 56.8 Å². The molecule has 12 nitrogen and oxygen atoms in total. The molecule has 0 aromatic heterocycles. The summed E-state index contributed by atoms with van der Waals surface area (Å²) >= 11 is 0. The molecule has 0 radical (unpaired) electrons. The van der Waals surface area contributed by atoms with Gasteiger partial charge in [-0.3, -0.25) is 0 Å². The average Bonchev–Trinajstić information content (AvgIpc) is 0.733. The highest BCUT2D eigenvalue weighted by atomic mass is 16.5. The molecule has 100 heavy (non-hydrogen) atoms. The Morgan fingerprint density at radius 1 is 0.190 bits per heavy atom. The van der Waals surface area contributed by atoms with Gasteiger partial charge in [-0.1, -0.05) is 133 Å². The van der Waals surface area contributed by atoms with E-state index < -0.39 is 0 Å². The first-order chi connectivity index (χ1) is 49.2. The standard InChI is InChI=1S/C88H122O12/c1-11-21-39-89-77-49-65-67-51-79(91-41-23-13-3)83(95-45-27-17-7)55-71(67)75-59-87(85(97-47-29-19-9)57-73(75)69(65)53-81(77)93-43-25-15-5)99-63-35-31-61(32-36-63)62-33-37-64(38-34-62)100-88-60-76-72-56-84(96-46-28-18-8)80(92-42-24-14-4)52-68(72)66-50-78(90-40-22-12-2)82(94-44-26-16-6)54-70(66)74(76)58-86(88)98-48-30-20-10/h49-64H,11-48H2,1-10H3. The Balaban J connectivity index is 0.939. The molecule has 0 aliphatic heterocycles. The Labute approximate surface area is 599 Å². The van der Waals surface area contributed by atoms with Gasteiger partial charge in [0, 0.05) is 0 Å². The van der Waals surface area contributed by atoms with E-state index in [1.165, 1.54) is 0 Å². The maximum absolute atomic E-state index is 7.31. The van der Waals surface area contributed by atoms with Gasteiger partial charge in [0.25, 0.3) is 0 Å². The van der Waals surface area contributed by atoms with Crippen molar-refractivity contribution in [2.45, 2.75) is 261 Å². The molecule has 2 fully saturated rings. The summed E-state index contributed by atoms with van der Waals surface area (Å²) in [5.41, 5.74) is 0. The molecule has 546 valence electrons. The summed E-state index contributed by atoms with van der Waals surface area (Å²) in [5, 5.41) is 13.0. The molecule has 2 aliphatic carbocycles. The van der Waals surface area contributed by atoms with E-state index in [1.54, 1.807) is 0 Å². The molecule has 0 saturated heterocycles. The van der Waals surface area contributed by atoms with Crippen LogP contribution in [0.5, 0.6) is 69.0 Å². The van der Waals surface area contributed by atoms with Crippen LogP contribution in [0.15, 0.2) is 72.8 Å². The van der Waals surface area contributed by atoms with E-state index in [0.29, 0.717) is 77.9 Å². The Morgan fingerprint density at radius 3 is 0.460 bits per heavy atom. The predicted octanol–water partition coefficient (Wildman–Crippen LogP) is 25.0. The van der Waals surface area contributed by atoms with Gasteiger partial charge in [0.05, 0.1) is 78.3 Å². The normalized spacial score (nSPS) is 16.4. The number of rotatable bonds is 45. The fraction of sp³-hybridized carbons (Fsp3) is 0.591. The van der Waals surface area contributed by atoms with E-state index in [-0.39, 0.29) is 12.2 Å². The third kappa shape index (κ3) is 19.3. The second-order valence-electron chi connectivity index (χ2n) is 28.4. The lowest BCUT2D eigenvalue weighted by atomic mass is 9.72. The van der Waals surface area contributed by atoms with E-state index in [1.807, 2.05) is 0 Å². The molecule has 0 unspecified atom stereocenters. The van der Waals surface area contributed by atoms with Gasteiger partial charge in [-0.2, -0.15) is 0 Å². The SMILES string of the molecule is CCCCOc1cc2c3cc(OCCCC)c(OCCCC)cc3c3cc(OC4CCC(C5CCC(Oc6cc7c8cc(OCCCC)c(OCCCC)cc8c8cc(OCCCC)c(OCCCC)cc8c7cc6OCCCC)CC5)CC4)c(OCCCC)cc3c2cc1OCCCC. The lowest BCUT2D eigenvalue weighted by Crippen LogP contribution is -2.32. The molecule has 0 bridgehead atoms. The van der Waals surface area contributed by atoms with Gasteiger partial charge in [-0.25, -0.2) is 0 Å². The molecule has 12 heteroatoms. The monoisotopic (exact) mass is 1370 g/mol. The minimum atomic E-state index is 0.0641. The second-order valence-corrected chi connectivity index (χ2v) is 28.4. The minimum absolute atomic E-state index is 0.0641. The minimum Gasteiger partial charge on any atom is -0.490 e. The summed E-state index contributed by atoms with van der Waals surface area (Å²) in [7, 11) is 0. The lowest BCUT2D eigenvalue weighted by Gasteiger charge is -2.38. The van der Waals surface area contributed by atoms with Crippen LogP contribution in [-0.4, -0.2) is 78.3 Å². The van der Waals surface area contributed by atoms with E-state index >= 15 is 0 Å². The van der Waals surface area contributed by atoms with E-state index in [4.69, 9.17) is 56.8 Å². The summed E-state index contributed by atoms with van der Waals surface area (Å²) in [5.74, 6) is 10.6. The van der Waals surface area contributed by atoms with Crippen molar-refractivity contribution in [3.63, 3.8) is 0 Å². The van der Waals surface area contributed by atoms with Gasteiger partial charge in [0.2, 0.25) is 0 Å². The van der Waals surface area contributed by atoms with Gasteiger partial charge in [-0.15, -0.1) is 0 Å². The van der Waals surface area contributed by atoms with Crippen LogP contribution < -0.4 is 56.8 Å². The van der Waals surface area contributed by atoms with Crippen LogP contribution in [0, 0.1) is 11.8 Å². The maximum atomic E-state index is 7.31. The predicted molar refractivity (Wildman–Crippen MR) is 415 cm³/mol. The van der Waals surface area contributed by atoms with Crippen molar-refractivity contribution in [3.05, 3.63) is 72.8 Å². The highest BCUT2D eigenvalue weighted by Gasteiger charge is 2.34. The van der Waals surface area contributed by atoms with Gasteiger partial charge in [-0.05, 0) is 265 Å². The molecule has 8 aromatic carbocycles. The summed E-state index contributed by atoms with van der Waals surface area (Å²) in [6, 6.07) is 26.7. The van der Waals surface area contributed by atoms with Crippen LogP contribution in [0.1, 0.15) is 249 Å². The summed E-state index contributed by atoms with van der Waals surface area (Å²) in [6.45, 7) is 28.2. The van der Waals surface area contributed by atoms with Crippen molar-refractivity contribution in [2.24, 2.45) is 11.8 Å². The van der Waals surface area contributed by atoms with Crippen molar-refractivity contribution in [2.75, 3.05) is 66.1 Å². The van der Waals surface area contributed by atoms with Gasteiger partial charge in [0.1, 0.15) is 0 Å². The first-order valence-corrected chi connectivity index (χ1v) is 39.9. The van der Waals surface area contributed by atoms with E-state index in [9.17, 15) is 0 Å². The van der Waals surface area contributed by atoms with Crippen LogP contribution in [0.4, 0.5) is 0 Å². The number of ether oxygens (including phenoxy) is 12. The Hall–Kier alpha value is -7.08. The van der Waals surface area contributed by atoms with Gasteiger partial charge >= 0.3 is 0 Å². The molecule has 8 aromatic rings. The Kier molecular flexibility index (Phi) is 29.8. The molecule has 0 amide bonds. The molecule has 0 heterocycles. The third-order valence-corrected chi connectivity index (χ3v) is 20.5. The quantitative estimate of drug-likeness (QED) is 0.0268. The van der Waals surface area contributed by atoms with Crippen LogP contribution in [0.25, 0.3) is 64.6 Å². The van der Waals surface area contributed by atoms with Crippen LogP contribution in [0.2, 0.25) is 0 Å². The smallest absolute Gasteiger partial charge is 0.162 e. The molecular formula is C88H122O12. The number of benzene rings is 8. The van der Waals surface area contributed by atoms with Gasteiger partial charge in [0.15, 0.2) is 69.0 Å². The van der Waals surface area contributed by atoms with Crippen molar-refractivity contribution >= 4 is 64.6 Å². The summed E-state index contributed by atoms with van der Waals surface area (Å²) in [4.78, 5) is 0. The zero-order valence-corrected chi connectivity index (χ0v) is 63.0. The molecule has 0 atom stereocenters. The topological polar surface area (TPSA) is 111 Å². The number of fused-ring (bicyclic) bond motifs is 12. The lowest BCUT2D eigenvalue weighted by molar-refractivity contribution is 0.0687. The zero-order chi connectivity index (χ0) is 70.0. The number of hydrogen-bond acceptors (Lipinski definition) is 12. The molecular weight excluding hydrogens is 1250 g/mol. The first-order valence-electron chi connectivity index (χ1n) is 39.9. The molecule has 2 saturated carbocycles. The van der Waals surface area contributed by atoms with E-state index in [2.05, 4.69) is 142 Å². The fourth-order valence-electron chi connectivity index (χ4n) is 14.3. The molecule has 0 spiro atoms. The van der Waals surface area contributed by atoms with E-state index in [0.717, 1.165) is 313 Å². The Bertz CT molecular complexity index is 3500. The maximum Gasteiger partial charge on any atom is 0.162 e. The summed E-state index contributed by atoms with van der Waals surface area (Å²) in [6.07, 6.45) is 28.6. The molecule has 10 rings (SSSR count). The summed E-state index contributed by atoms with van der Waals surface area (Å²) < 4.78 is 81.2. The van der Waals surface area contributed by atoms with Crippen molar-refractivity contribution in [1.29, 1.82) is 0 Å². The fourth-order valence-corrected chi connectivity index (χ4v) is 14.3. The highest BCUT2D eigenvalue weighted by molar-refractivity contribution is 6.28. The largest absolute Gasteiger partial charge is 0.490 e. The Morgan fingerprint density at radius 2 is 0.320 bits per heavy atom. The number of unbranched alkanes of at least 4 members (excludes halogenated alkanes) is 10. The average molecular weight is 1370 g/mol. The first kappa shape index (κ1) is 75.6. The van der Waals surface area contributed by atoms with Crippen molar-refractivity contribution < 1.29 is 56.8 Å².